The van der Waals surface area contributed by atoms with Crippen LogP contribution in [0.2, 0.25) is 0 Å². The number of hydrogen-bond donors (Lipinski definition) is 0. The van der Waals surface area contributed by atoms with Crippen LogP contribution in [0.3, 0.4) is 0 Å². The summed E-state index contributed by atoms with van der Waals surface area (Å²) in [6.07, 6.45) is 0. The zero-order chi connectivity index (χ0) is 37.0. The fourth-order valence-corrected chi connectivity index (χ4v) is 7.89. The smallest absolute Gasteiger partial charge is 0.164 e. The maximum atomic E-state index is 6.24. The Hall–Kier alpha value is -7.63. The Bertz CT molecular complexity index is 3080. The summed E-state index contributed by atoms with van der Waals surface area (Å²) in [7, 11) is 0. The van der Waals surface area contributed by atoms with Gasteiger partial charge in [-0.25, -0.2) is 15.0 Å². The predicted molar refractivity (Wildman–Crippen MR) is 227 cm³/mol. The van der Waals surface area contributed by atoms with Crippen LogP contribution in [0.25, 0.3) is 111 Å². The molecule has 56 heavy (non-hydrogen) atoms. The standard InChI is InChI=1S/C51H31N3O2/c1-2-12-32(13-3-1)33-26-28-34(29-27-33)49-52-50(37-16-8-14-35(30-37)39-20-10-24-45-47(39)41-18-4-6-22-43(41)55-45)54-51(53-49)38-17-9-15-36(31-38)40-21-11-25-46-48(40)42-19-5-7-23-44(42)56-46/h1-31H. The van der Waals surface area contributed by atoms with Crippen LogP contribution >= 0.6 is 0 Å². The van der Waals surface area contributed by atoms with Crippen LogP contribution in [0, 0.1) is 0 Å². The minimum atomic E-state index is 0.594. The summed E-state index contributed by atoms with van der Waals surface area (Å²) in [5, 5.41) is 4.36. The molecule has 8 aromatic carbocycles. The molecule has 0 radical (unpaired) electrons. The molecule has 0 bridgehead atoms. The molecule has 0 aliphatic rings. The highest BCUT2D eigenvalue weighted by Gasteiger charge is 2.18. The number of nitrogens with zero attached hydrogens (tertiary/aromatic N) is 3. The Morgan fingerprint density at radius 3 is 1.18 bits per heavy atom. The molecule has 0 unspecified atom stereocenters. The van der Waals surface area contributed by atoms with Crippen LogP contribution in [0.5, 0.6) is 0 Å². The second-order valence-electron chi connectivity index (χ2n) is 14.0. The van der Waals surface area contributed by atoms with Crippen molar-refractivity contribution in [2.75, 3.05) is 0 Å². The van der Waals surface area contributed by atoms with Crippen LogP contribution in [0.4, 0.5) is 0 Å². The fourth-order valence-electron chi connectivity index (χ4n) is 7.89. The fraction of sp³-hybridized carbons (Fsp3) is 0. The van der Waals surface area contributed by atoms with Crippen molar-refractivity contribution in [3.63, 3.8) is 0 Å². The Balaban J connectivity index is 1.07. The van der Waals surface area contributed by atoms with E-state index in [1.54, 1.807) is 0 Å². The summed E-state index contributed by atoms with van der Waals surface area (Å²) in [6.45, 7) is 0. The molecule has 3 heterocycles. The minimum Gasteiger partial charge on any atom is -0.456 e. The summed E-state index contributed by atoms with van der Waals surface area (Å²) in [4.78, 5) is 15.4. The first kappa shape index (κ1) is 31.9. The largest absolute Gasteiger partial charge is 0.456 e. The van der Waals surface area contributed by atoms with E-state index in [2.05, 4.69) is 133 Å². The van der Waals surface area contributed by atoms with Gasteiger partial charge in [0.2, 0.25) is 0 Å². The van der Waals surface area contributed by atoms with Gasteiger partial charge in [-0.15, -0.1) is 0 Å². The summed E-state index contributed by atoms with van der Waals surface area (Å²) in [5.41, 5.74) is 12.7. The maximum absolute atomic E-state index is 6.24. The van der Waals surface area contributed by atoms with Gasteiger partial charge < -0.3 is 8.83 Å². The molecule has 0 amide bonds. The van der Waals surface area contributed by atoms with Gasteiger partial charge in [0.05, 0.1) is 0 Å². The number of furan rings is 2. The molecule has 5 heteroatoms. The van der Waals surface area contributed by atoms with Crippen molar-refractivity contribution in [2.45, 2.75) is 0 Å². The molecule has 0 saturated heterocycles. The highest BCUT2D eigenvalue weighted by molar-refractivity contribution is 6.13. The lowest BCUT2D eigenvalue weighted by Gasteiger charge is -2.11. The topological polar surface area (TPSA) is 65.0 Å². The number of hydrogen-bond acceptors (Lipinski definition) is 5. The summed E-state index contributed by atoms with van der Waals surface area (Å²) in [5.74, 6) is 1.79. The van der Waals surface area contributed by atoms with Gasteiger partial charge in [-0.3, -0.25) is 0 Å². The normalized spacial score (nSPS) is 11.6. The van der Waals surface area contributed by atoms with Gasteiger partial charge in [0.25, 0.3) is 0 Å². The van der Waals surface area contributed by atoms with Crippen molar-refractivity contribution in [3.05, 3.63) is 188 Å². The summed E-state index contributed by atoms with van der Waals surface area (Å²) in [6, 6.07) is 64.5. The van der Waals surface area contributed by atoms with Crippen LogP contribution in [0.1, 0.15) is 0 Å². The van der Waals surface area contributed by atoms with Crippen LogP contribution in [-0.4, -0.2) is 15.0 Å². The van der Waals surface area contributed by atoms with E-state index in [-0.39, 0.29) is 0 Å². The SMILES string of the molecule is c1ccc(-c2ccc(-c3nc(-c4cccc(-c5cccc6oc7ccccc7c56)c4)nc(-c4cccc(-c5cccc6oc7ccccc7c56)c4)n3)cc2)cc1. The molecule has 0 spiro atoms. The van der Waals surface area contributed by atoms with Gasteiger partial charge in [0.15, 0.2) is 17.5 Å². The van der Waals surface area contributed by atoms with Gasteiger partial charge in [-0.05, 0) is 69.8 Å². The molecule has 11 aromatic rings. The number of aromatic nitrogens is 3. The van der Waals surface area contributed by atoms with Gasteiger partial charge in [0.1, 0.15) is 22.3 Å². The minimum absolute atomic E-state index is 0.594. The maximum Gasteiger partial charge on any atom is 0.164 e. The second-order valence-corrected chi connectivity index (χ2v) is 14.0. The third-order valence-corrected chi connectivity index (χ3v) is 10.6. The van der Waals surface area contributed by atoms with E-state index in [1.165, 1.54) is 0 Å². The van der Waals surface area contributed by atoms with E-state index in [9.17, 15) is 0 Å². The van der Waals surface area contributed by atoms with Gasteiger partial charge in [0, 0.05) is 38.2 Å². The second kappa shape index (κ2) is 13.0. The van der Waals surface area contributed by atoms with Crippen molar-refractivity contribution in [3.8, 4) is 67.5 Å². The first-order valence-corrected chi connectivity index (χ1v) is 18.7. The first-order valence-electron chi connectivity index (χ1n) is 18.7. The predicted octanol–water partition coefficient (Wildman–Crippen LogP) is 13.7. The molecule has 0 atom stereocenters. The van der Waals surface area contributed by atoms with Crippen molar-refractivity contribution < 1.29 is 8.83 Å². The number of benzene rings is 8. The number of para-hydroxylation sites is 2. The van der Waals surface area contributed by atoms with Crippen molar-refractivity contribution in [2.24, 2.45) is 0 Å². The molecule has 5 nitrogen and oxygen atoms in total. The highest BCUT2D eigenvalue weighted by Crippen LogP contribution is 2.40. The van der Waals surface area contributed by atoms with E-state index < -0.39 is 0 Å². The van der Waals surface area contributed by atoms with E-state index in [4.69, 9.17) is 23.8 Å². The zero-order valence-corrected chi connectivity index (χ0v) is 30.1. The Morgan fingerprint density at radius 2 is 0.643 bits per heavy atom. The molecular weight excluding hydrogens is 687 g/mol. The van der Waals surface area contributed by atoms with Gasteiger partial charge in [-0.2, -0.15) is 0 Å². The Labute approximate surface area is 322 Å². The lowest BCUT2D eigenvalue weighted by molar-refractivity contribution is 0.668. The molecule has 0 aliphatic carbocycles. The number of rotatable bonds is 6. The molecule has 0 fully saturated rings. The van der Waals surface area contributed by atoms with Crippen LogP contribution in [-0.2, 0) is 0 Å². The molecule has 0 aliphatic heterocycles. The first-order chi connectivity index (χ1) is 27.7. The number of fused-ring (bicyclic) bond motifs is 6. The van der Waals surface area contributed by atoms with Crippen molar-refractivity contribution in [1.29, 1.82) is 0 Å². The van der Waals surface area contributed by atoms with Crippen molar-refractivity contribution >= 4 is 43.9 Å². The van der Waals surface area contributed by atoms with E-state index in [0.29, 0.717) is 17.5 Å². The lowest BCUT2D eigenvalue weighted by atomic mass is 9.97. The van der Waals surface area contributed by atoms with E-state index in [1.807, 2.05) is 54.6 Å². The van der Waals surface area contributed by atoms with E-state index in [0.717, 1.165) is 93.9 Å². The third-order valence-electron chi connectivity index (χ3n) is 10.6. The molecule has 11 rings (SSSR count). The quantitative estimate of drug-likeness (QED) is 0.171. The Morgan fingerprint density at radius 1 is 0.268 bits per heavy atom. The highest BCUT2D eigenvalue weighted by atomic mass is 16.3. The molecule has 262 valence electrons. The lowest BCUT2D eigenvalue weighted by Crippen LogP contribution is -2.00. The molecule has 0 saturated carbocycles. The van der Waals surface area contributed by atoms with Gasteiger partial charge >= 0.3 is 0 Å². The van der Waals surface area contributed by atoms with E-state index >= 15 is 0 Å². The Kier molecular flexibility index (Phi) is 7.42. The van der Waals surface area contributed by atoms with Gasteiger partial charge in [-0.1, -0.05) is 152 Å². The zero-order valence-electron chi connectivity index (χ0n) is 30.1. The third kappa shape index (κ3) is 5.45. The van der Waals surface area contributed by atoms with Crippen LogP contribution < -0.4 is 0 Å². The molecule has 3 aromatic heterocycles. The van der Waals surface area contributed by atoms with Crippen LogP contribution in [0.15, 0.2) is 197 Å². The summed E-state index contributed by atoms with van der Waals surface area (Å²) >= 11 is 0. The summed E-state index contributed by atoms with van der Waals surface area (Å²) < 4.78 is 12.5. The average Bonchev–Trinajstić information content (AvgIpc) is 3.86. The molecular formula is C51H31N3O2. The molecule has 0 N–H and O–H groups in total. The monoisotopic (exact) mass is 717 g/mol. The average molecular weight is 718 g/mol. The van der Waals surface area contributed by atoms with Crippen molar-refractivity contribution in [1.82, 2.24) is 15.0 Å².